The molecule has 2 aliphatic rings. The van der Waals surface area contributed by atoms with Gasteiger partial charge in [-0.05, 0) is 37.5 Å². The zero-order valence-corrected chi connectivity index (χ0v) is 10.6. The van der Waals surface area contributed by atoms with Gasteiger partial charge in [-0.15, -0.1) is 0 Å². The Bertz CT molecular complexity index is 225. The molecule has 1 aliphatic carbocycles. The molecular formula is C14H25NO. The lowest BCUT2D eigenvalue weighted by Gasteiger charge is -2.32. The van der Waals surface area contributed by atoms with Crippen LogP contribution in [0, 0.1) is 11.8 Å². The highest BCUT2D eigenvalue weighted by Crippen LogP contribution is 2.29. The van der Waals surface area contributed by atoms with Crippen molar-refractivity contribution in [1.82, 2.24) is 4.90 Å². The van der Waals surface area contributed by atoms with E-state index in [0.29, 0.717) is 11.8 Å². The van der Waals surface area contributed by atoms with Crippen LogP contribution >= 0.6 is 0 Å². The molecular weight excluding hydrogens is 198 g/mol. The lowest BCUT2D eigenvalue weighted by Crippen LogP contribution is -2.38. The molecule has 16 heavy (non-hydrogen) atoms. The summed E-state index contributed by atoms with van der Waals surface area (Å²) in [5.41, 5.74) is 0. The topological polar surface area (TPSA) is 20.3 Å². The van der Waals surface area contributed by atoms with Gasteiger partial charge in [-0.2, -0.15) is 0 Å². The Labute approximate surface area is 99.4 Å². The van der Waals surface area contributed by atoms with Gasteiger partial charge in [0.2, 0.25) is 5.91 Å². The van der Waals surface area contributed by atoms with Crippen LogP contribution in [0.2, 0.25) is 0 Å². The first-order valence-corrected chi connectivity index (χ1v) is 7.07. The number of rotatable bonds is 3. The highest BCUT2D eigenvalue weighted by Gasteiger charge is 2.25. The minimum atomic E-state index is 0.432. The SMILES string of the molecule is CCC1CCN(C(=O)CC2CCCC2)CC1. The van der Waals surface area contributed by atoms with Crippen LogP contribution in [0.4, 0.5) is 0 Å². The Balaban J connectivity index is 1.73. The number of nitrogens with zero attached hydrogens (tertiary/aromatic N) is 1. The molecule has 2 fully saturated rings. The molecule has 0 unspecified atom stereocenters. The van der Waals surface area contributed by atoms with Gasteiger partial charge in [0.15, 0.2) is 0 Å². The fourth-order valence-electron chi connectivity index (χ4n) is 3.18. The number of carbonyl (C=O) groups is 1. The third-order valence-corrected chi connectivity index (χ3v) is 4.48. The summed E-state index contributed by atoms with van der Waals surface area (Å²) in [6, 6.07) is 0. The van der Waals surface area contributed by atoms with Crippen LogP contribution in [0.5, 0.6) is 0 Å². The van der Waals surface area contributed by atoms with Crippen molar-refractivity contribution in [1.29, 1.82) is 0 Å². The van der Waals surface area contributed by atoms with Gasteiger partial charge in [0, 0.05) is 19.5 Å². The molecule has 0 bridgehead atoms. The van der Waals surface area contributed by atoms with E-state index in [1.807, 2.05) is 0 Å². The van der Waals surface area contributed by atoms with Crippen molar-refractivity contribution in [3.8, 4) is 0 Å². The number of amides is 1. The van der Waals surface area contributed by atoms with Crippen molar-refractivity contribution in [2.75, 3.05) is 13.1 Å². The second-order valence-corrected chi connectivity index (χ2v) is 5.59. The maximum Gasteiger partial charge on any atom is 0.222 e. The number of piperidine rings is 1. The molecule has 1 saturated heterocycles. The minimum Gasteiger partial charge on any atom is -0.343 e. The normalized spacial score (nSPS) is 23.9. The molecule has 2 heteroatoms. The maximum atomic E-state index is 12.1. The van der Waals surface area contributed by atoms with E-state index in [-0.39, 0.29) is 0 Å². The van der Waals surface area contributed by atoms with Gasteiger partial charge in [0.05, 0.1) is 0 Å². The van der Waals surface area contributed by atoms with Gasteiger partial charge in [0.1, 0.15) is 0 Å². The highest BCUT2D eigenvalue weighted by atomic mass is 16.2. The largest absolute Gasteiger partial charge is 0.343 e. The lowest BCUT2D eigenvalue weighted by atomic mass is 9.93. The molecule has 1 amide bonds. The van der Waals surface area contributed by atoms with E-state index in [1.54, 1.807) is 0 Å². The van der Waals surface area contributed by atoms with E-state index < -0.39 is 0 Å². The summed E-state index contributed by atoms with van der Waals surface area (Å²) in [6.45, 7) is 4.30. The second-order valence-electron chi connectivity index (χ2n) is 5.59. The number of likely N-dealkylation sites (tertiary alicyclic amines) is 1. The van der Waals surface area contributed by atoms with Crippen molar-refractivity contribution in [2.24, 2.45) is 11.8 Å². The molecule has 2 nitrogen and oxygen atoms in total. The van der Waals surface area contributed by atoms with Crippen LogP contribution in [-0.2, 0) is 4.79 Å². The van der Waals surface area contributed by atoms with Gasteiger partial charge in [-0.25, -0.2) is 0 Å². The molecule has 0 N–H and O–H groups in total. The lowest BCUT2D eigenvalue weighted by molar-refractivity contribution is -0.133. The van der Waals surface area contributed by atoms with E-state index >= 15 is 0 Å². The van der Waals surface area contributed by atoms with Crippen LogP contribution < -0.4 is 0 Å². The van der Waals surface area contributed by atoms with Crippen molar-refractivity contribution < 1.29 is 4.79 Å². The van der Waals surface area contributed by atoms with E-state index in [2.05, 4.69) is 11.8 Å². The van der Waals surface area contributed by atoms with Gasteiger partial charge in [-0.3, -0.25) is 4.79 Å². The third-order valence-electron chi connectivity index (χ3n) is 4.48. The summed E-state index contributed by atoms with van der Waals surface area (Å²) in [7, 11) is 0. The number of hydrogen-bond donors (Lipinski definition) is 0. The molecule has 2 rings (SSSR count). The minimum absolute atomic E-state index is 0.432. The Kier molecular flexibility index (Phi) is 4.25. The van der Waals surface area contributed by atoms with Crippen LogP contribution in [0.15, 0.2) is 0 Å². The van der Waals surface area contributed by atoms with Crippen LogP contribution in [0.1, 0.15) is 58.3 Å². The van der Waals surface area contributed by atoms with Crippen LogP contribution in [-0.4, -0.2) is 23.9 Å². The van der Waals surface area contributed by atoms with Gasteiger partial charge in [0.25, 0.3) is 0 Å². The first-order chi connectivity index (χ1) is 7.79. The molecule has 0 aromatic heterocycles. The maximum absolute atomic E-state index is 12.1. The van der Waals surface area contributed by atoms with Crippen molar-refractivity contribution in [3.05, 3.63) is 0 Å². The van der Waals surface area contributed by atoms with Crippen molar-refractivity contribution in [2.45, 2.75) is 58.3 Å². The van der Waals surface area contributed by atoms with Crippen molar-refractivity contribution >= 4 is 5.91 Å². The monoisotopic (exact) mass is 223 g/mol. The fraction of sp³-hybridized carbons (Fsp3) is 0.929. The summed E-state index contributed by atoms with van der Waals surface area (Å²) in [6.07, 6.45) is 9.83. The van der Waals surface area contributed by atoms with Gasteiger partial charge < -0.3 is 4.90 Å². The molecule has 92 valence electrons. The average Bonchev–Trinajstić information content (AvgIpc) is 2.82. The van der Waals surface area contributed by atoms with Gasteiger partial charge >= 0.3 is 0 Å². The van der Waals surface area contributed by atoms with E-state index in [9.17, 15) is 4.79 Å². The predicted octanol–water partition coefficient (Wildman–Crippen LogP) is 3.22. The summed E-state index contributed by atoms with van der Waals surface area (Å²) < 4.78 is 0. The molecule has 0 atom stereocenters. The molecule has 1 aliphatic heterocycles. The molecule has 0 spiro atoms. The standard InChI is InChI=1S/C14H25NO/c1-2-12-7-9-15(10-8-12)14(16)11-13-5-3-4-6-13/h12-13H,2-11H2,1H3. The summed E-state index contributed by atoms with van der Waals surface area (Å²) in [5.74, 6) is 2.01. The van der Waals surface area contributed by atoms with E-state index in [4.69, 9.17) is 0 Å². The third kappa shape index (κ3) is 2.99. The summed E-state index contributed by atoms with van der Waals surface area (Å²) in [4.78, 5) is 14.2. The highest BCUT2D eigenvalue weighted by molar-refractivity contribution is 5.76. The molecule has 1 heterocycles. The van der Waals surface area contributed by atoms with Crippen molar-refractivity contribution in [3.63, 3.8) is 0 Å². The Morgan fingerprint density at radius 2 is 1.69 bits per heavy atom. The predicted molar refractivity (Wildman–Crippen MR) is 66.2 cm³/mol. The van der Waals surface area contributed by atoms with Crippen LogP contribution in [0.25, 0.3) is 0 Å². The first-order valence-electron chi connectivity index (χ1n) is 7.07. The quantitative estimate of drug-likeness (QED) is 0.719. The smallest absolute Gasteiger partial charge is 0.222 e. The second kappa shape index (κ2) is 5.70. The number of hydrogen-bond acceptors (Lipinski definition) is 1. The Hall–Kier alpha value is -0.530. The summed E-state index contributed by atoms with van der Waals surface area (Å²) in [5, 5.41) is 0. The first kappa shape index (κ1) is 11.9. The van der Waals surface area contributed by atoms with Crippen LogP contribution in [0.3, 0.4) is 0 Å². The zero-order chi connectivity index (χ0) is 11.4. The van der Waals surface area contributed by atoms with E-state index in [1.165, 1.54) is 44.9 Å². The molecule has 0 aromatic rings. The molecule has 0 aromatic carbocycles. The van der Waals surface area contributed by atoms with Gasteiger partial charge in [-0.1, -0.05) is 26.2 Å². The Morgan fingerprint density at radius 3 is 2.25 bits per heavy atom. The number of carbonyl (C=O) groups excluding carboxylic acids is 1. The fourth-order valence-corrected chi connectivity index (χ4v) is 3.18. The molecule has 0 radical (unpaired) electrons. The van der Waals surface area contributed by atoms with E-state index in [0.717, 1.165) is 25.4 Å². The zero-order valence-electron chi connectivity index (χ0n) is 10.6. The average molecular weight is 223 g/mol. The summed E-state index contributed by atoms with van der Waals surface area (Å²) >= 11 is 0. The Morgan fingerprint density at radius 1 is 1.06 bits per heavy atom. The molecule has 1 saturated carbocycles.